The Balaban J connectivity index is 1.68. The fourth-order valence-corrected chi connectivity index (χ4v) is 3.20. The third kappa shape index (κ3) is 3.31. The van der Waals surface area contributed by atoms with Crippen LogP contribution in [0.25, 0.3) is 0 Å². The monoisotopic (exact) mass is 287 g/mol. The van der Waals surface area contributed by atoms with Crippen molar-refractivity contribution < 1.29 is 4.79 Å². The van der Waals surface area contributed by atoms with Crippen molar-refractivity contribution in [1.82, 2.24) is 4.90 Å². The lowest BCUT2D eigenvalue weighted by Gasteiger charge is -2.33. The highest BCUT2D eigenvalue weighted by Crippen LogP contribution is 2.28. The molecule has 0 unspecified atom stereocenters. The molecule has 0 spiro atoms. The van der Waals surface area contributed by atoms with Gasteiger partial charge in [0.15, 0.2) is 0 Å². The van der Waals surface area contributed by atoms with Gasteiger partial charge >= 0.3 is 0 Å². The van der Waals surface area contributed by atoms with E-state index in [2.05, 4.69) is 29.3 Å². The summed E-state index contributed by atoms with van der Waals surface area (Å²) in [4.78, 5) is 16.8. The fraction of sp³-hybridized carbons (Fsp3) is 0.588. The van der Waals surface area contributed by atoms with Gasteiger partial charge in [0.05, 0.1) is 17.9 Å². The zero-order valence-electron chi connectivity index (χ0n) is 12.8. The van der Waals surface area contributed by atoms with Gasteiger partial charge in [-0.2, -0.15) is 0 Å². The van der Waals surface area contributed by atoms with Gasteiger partial charge in [-0.1, -0.05) is 19.1 Å². The topological polar surface area (TPSA) is 35.6 Å². The number of nitrogens with one attached hydrogen (secondary N) is 1. The second-order valence-corrected chi connectivity index (χ2v) is 6.28. The molecule has 2 aliphatic rings. The number of hydrogen-bond donors (Lipinski definition) is 1. The van der Waals surface area contributed by atoms with E-state index >= 15 is 0 Å². The number of hydrogen-bond acceptors (Lipinski definition) is 3. The molecule has 3 rings (SSSR count). The lowest BCUT2D eigenvalue weighted by molar-refractivity contribution is -0.131. The van der Waals surface area contributed by atoms with E-state index in [9.17, 15) is 4.79 Å². The number of carbonyl (C=O) groups excluding carboxylic acids is 1. The molecule has 1 fully saturated rings. The quantitative estimate of drug-likeness (QED) is 0.908. The van der Waals surface area contributed by atoms with Crippen molar-refractivity contribution in [1.29, 1.82) is 0 Å². The number of benzene rings is 1. The Kier molecular flexibility index (Phi) is 4.32. The van der Waals surface area contributed by atoms with Crippen LogP contribution in [0.3, 0.4) is 0 Å². The van der Waals surface area contributed by atoms with E-state index in [4.69, 9.17) is 0 Å². The van der Waals surface area contributed by atoms with Crippen molar-refractivity contribution in [3.63, 3.8) is 0 Å². The molecule has 21 heavy (non-hydrogen) atoms. The maximum absolute atomic E-state index is 12.6. The Labute approximate surface area is 127 Å². The number of likely N-dealkylation sites (tertiary alicyclic amines) is 1. The van der Waals surface area contributed by atoms with Crippen LogP contribution in [0.1, 0.15) is 26.2 Å². The molecule has 4 heteroatoms. The summed E-state index contributed by atoms with van der Waals surface area (Å²) in [6.07, 6.45) is 3.35. The lowest BCUT2D eigenvalue weighted by atomic mass is 9.99. The third-order valence-corrected chi connectivity index (χ3v) is 4.63. The fourth-order valence-electron chi connectivity index (χ4n) is 3.20. The second kappa shape index (κ2) is 6.37. The van der Waals surface area contributed by atoms with Crippen molar-refractivity contribution in [3.8, 4) is 0 Å². The predicted octanol–water partition coefficient (Wildman–Crippen LogP) is 2.57. The molecule has 1 N–H and O–H groups in total. The molecule has 2 aliphatic heterocycles. The average molecular weight is 287 g/mol. The molecule has 0 radical (unpaired) electrons. The van der Waals surface area contributed by atoms with E-state index in [-0.39, 0.29) is 5.91 Å². The van der Waals surface area contributed by atoms with Crippen LogP contribution in [0.4, 0.5) is 11.4 Å². The van der Waals surface area contributed by atoms with E-state index in [0.29, 0.717) is 6.54 Å². The third-order valence-electron chi connectivity index (χ3n) is 4.63. The van der Waals surface area contributed by atoms with Crippen LogP contribution >= 0.6 is 0 Å². The van der Waals surface area contributed by atoms with Crippen molar-refractivity contribution in [2.75, 3.05) is 42.9 Å². The summed E-state index contributed by atoms with van der Waals surface area (Å²) in [5.41, 5.74) is 2.31. The van der Waals surface area contributed by atoms with Gasteiger partial charge in [0.1, 0.15) is 0 Å². The largest absolute Gasteiger partial charge is 0.383 e. The molecular weight excluding hydrogens is 262 g/mol. The first-order valence-corrected chi connectivity index (χ1v) is 8.09. The Morgan fingerprint density at radius 2 is 2.00 bits per heavy atom. The van der Waals surface area contributed by atoms with Gasteiger partial charge in [-0.05, 0) is 37.3 Å². The zero-order chi connectivity index (χ0) is 14.7. The number of amides is 1. The Hall–Kier alpha value is -1.71. The zero-order valence-corrected chi connectivity index (χ0v) is 12.8. The highest BCUT2D eigenvalue weighted by molar-refractivity contribution is 5.83. The average Bonchev–Trinajstić information content (AvgIpc) is 2.71. The minimum atomic E-state index is 0.276. The molecule has 0 aliphatic carbocycles. The summed E-state index contributed by atoms with van der Waals surface area (Å²) in [7, 11) is 0. The highest BCUT2D eigenvalue weighted by Gasteiger charge is 2.23. The molecule has 0 aromatic heterocycles. The number of fused-ring (bicyclic) bond motifs is 1. The maximum atomic E-state index is 12.6. The van der Waals surface area contributed by atoms with Gasteiger partial charge in [-0.25, -0.2) is 0 Å². The van der Waals surface area contributed by atoms with E-state index in [0.717, 1.165) is 62.7 Å². The summed E-state index contributed by atoms with van der Waals surface area (Å²) in [5.74, 6) is 1.04. The van der Waals surface area contributed by atoms with Crippen LogP contribution in [0, 0.1) is 5.92 Å². The first kappa shape index (κ1) is 14.2. The molecule has 2 heterocycles. The van der Waals surface area contributed by atoms with Gasteiger partial charge < -0.3 is 15.1 Å². The molecule has 0 saturated carbocycles. The van der Waals surface area contributed by atoms with Crippen LogP contribution < -0.4 is 10.2 Å². The summed E-state index contributed by atoms with van der Waals surface area (Å²) >= 11 is 0. The van der Waals surface area contributed by atoms with Gasteiger partial charge in [0.2, 0.25) is 5.91 Å². The standard InChI is InChI=1S/C17H25N3O/c1-14-7-11-19(12-8-14)17(21)13-20-10-4-9-18-15-5-2-3-6-16(15)20/h2-3,5-6,14,18H,4,7-13H2,1H3. The number of piperidine rings is 1. The van der Waals surface area contributed by atoms with E-state index < -0.39 is 0 Å². The van der Waals surface area contributed by atoms with Gasteiger partial charge in [-0.3, -0.25) is 4.79 Å². The Morgan fingerprint density at radius 3 is 2.81 bits per heavy atom. The van der Waals surface area contributed by atoms with Gasteiger partial charge in [-0.15, -0.1) is 0 Å². The Morgan fingerprint density at radius 1 is 1.24 bits per heavy atom. The molecule has 1 saturated heterocycles. The maximum Gasteiger partial charge on any atom is 0.242 e. The molecule has 0 bridgehead atoms. The molecule has 1 aromatic carbocycles. The molecule has 4 nitrogen and oxygen atoms in total. The number of carbonyl (C=O) groups is 1. The smallest absolute Gasteiger partial charge is 0.242 e. The highest BCUT2D eigenvalue weighted by atomic mass is 16.2. The number of para-hydroxylation sites is 2. The van der Waals surface area contributed by atoms with Crippen molar-refractivity contribution in [3.05, 3.63) is 24.3 Å². The molecule has 114 valence electrons. The summed E-state index contributed by atoms with van der Waals surface area (Å²) in [6.45, 7) is 6.55. The summed E-state index contributed by atoms with van der Waals surface area (Å²) in [6, 6.07) is 8.30. The summed E-state index contributed by atoms with van der Waals surface area (Å²) < 4.78 is 0. The normalized spacial score (nSPS) is 19.7. The Bertz CT molecular complexity index is 495. The second-order valence-electron chi connectivity index (χ2n) is 6.28. The molecule has 1 amide bonds. The number of nitrogens with zero attached hydrogens (tertiary/aromatic N) is 2. The SMILES string of the molecule is CC1CCN(C(=O)CN2CCCNc3ccccc32)CC1. The molecular formula is C17H25N3O. The minimum Gasteiger partial charge on any atom is -0.383 e. The van der Waals surface area contributed by atoms with Crippen molar-refractivity contribution >= 4 is 17.3 Å². The first-order chi connectivity index (χ1) is 10.2. The van der Waals surface area contributed by atoms with Crippen LogP contribution in [0.2, 0.25) is 0 Å². The predicted molar refractivity (Wildman–Crippen MR) is 86.7 cm³/mol. The molecule has 1 aromatic rings. The number of rotatable bonds is 2. The van der Waals surface area contributed by atoms with Gasteiger partial charge in [0.25, 0.3) is 0 Å². The van der Waals surface area contributed by atoms with Crippen molar-refractivity contribution in [2.24, 2.45) is 5.92 Å². The van der Waals surface area contributed by atoms with Crippen molar-refractivity contribution in [2.45, 2.75) is 26.2 Å². The van der Waals surface area contributed by atoms with Crippen LogP contribution in [-0.2, 0) is 4.79 Å². The molecule has 0 atom stereocenters. The van der Waals surface area contributed by atoms with E-state index in [1.54, 1.807) is 0 Å². The van der Waals surface area contributed by atoms with E-state index in [1.165, 1.54) is 0 Å². The van der Waals surface area contributed by atoms with Crippen LogP contribution in [-0.4, -0.2) is 43.5 Å². The lowest BCUT2D eigenvalue weighted by Crippen LogP contribution is -2.44. The summed E-state index contributed by atoms with van der Waals surface area (Å²) in [5, 5.41) is 3.45. The minimum absolute atomic E-state index is 0.276. The van der Waals surface area contributed by atoms with Gasteiger partial charge in [0, 0.05) is 26.2 Å². The van der Waals surface area contributed by atoms with Crippen LogP contribution in [0.5, 0.6) is 0 Å². The van der Waals surface area contributed by atoms with Crippen LogP contribution in [0.15, 0.2) is 24.3 Å². The van der Waals surface area contributed by atoms with E-state index in [1.807, 2.05) is 17.0 Å². The first-order valence-electron chi connectivity index (χ1n) is 8.09. The number of anilines is 2.